The molecule has 1 aromatic heterocycles. The Hall–Kier alpha value is -3.89. The molecule has 0 radical (unpaired) electrons. The minimum atomic E-state index is -2.65. The van der Waals surface area contributed by atoms with Crippen LogP contribution in [0.3, 0.4) is 0 Å². The van der Waals surface area contributed by atoms with Gasteiger partial charge < -0.3 is 30.6 Å². The van der Waals surface area contributed by atoms with Gasteiger partial charge in [-0.05, 0) is 62.7 Å². The first-order valence-electron chi connectivity index (χ1n) is 11.0. The van der Waals surface area contributed by atoms with Crippen LogP contribution in [-0.2, 0) is 16.0 Å². The lowest BCUT2D eigenvalue weighted by molar-refractivity contribution is -0.148. The van der Waals surface area contributed by atoms with E-state index >= 15 is 0 Å². The van der Waals surface area contributed by atoms with Gasteiger partial charge in [0.15, 0.2) is 11.4 Å². The van der Waals surface area contributed by atoms with E-state index in [1.54, 1.807) is 32.3 Å². The van der Waals surface area contributed by atoms with Gasteiger partial charge in [-0.25, -0.2) is 0 Å². The van der Waals surface area contributed by atoms with Gasteiger partial charge in [-0.2, -0.15) is 0 Å². The van der Waals surface area contributed by atoms with E-state index in [-0.39, 0.29) is 29.7 Å². The first-order valence-corrected chi connectivity index (χ1v) is 11.0. The van der Waals surface area contributed by atoms with Crippen molar-refractivity contribution >= 4 is 17.5 Å². The highest BCUT2D eigenvalue weighted by atomic mass is 16.3. The molecule has 10 nitrogen and oxygen atoms in total. The molecular formula is C25H24N2O8. The van der Waals surface area contributed by atoms with E-state index in [0.717, 1.165) is 0 Å². The van der Waals surface area contributed by atoms with Crippen LogP contribution >= 0.6 is 0 Å². The predicted molar refractivity (Wildman–Crippen MR) is 121 cm³/mol. The standard InChI is InChI=1S/C25H24N2O8/c1-27(2)19-13-9-10-8-12-11(15-4-3-7-35-15)5-6-14(28)17(12)20(29)16(10)22(31)25(13,34)23(32)18(21(19)30)24(26)33/h3-7,10,13,19,28,30-31,34H,8-9H2,1-2H3,(H2,26,33)/t10-,13+,19-,25-/m1/s1. The molecule has 6 N–H and O–H groups in total. The van der Waals surface area contributed by atoms with Gasteiger partial charge in [-0.1, -0.05) is 0 Å². The molecule has 1 amide bonds. The Morgan fingerprint density at radius 2 is 1.89 bits per heavy atom. The summed E-state index contributed by atoms with van der Waals surface area (Å²) >= 11 is 0. The predicted octanol–water partition coefficient (Wildman–Crippen LogP) is 1.38. The summed E-state index contributed by atoms with van der Waals surface area (Å²) in [7, 11) is 3.17. The van der Waals surface area contributed by atoms with Crippen LogP contribution in [0.4, 0.5) is 0 Å². The molecule has 2 aromatic rings. The Kier molecular flexibility index (Phi) is 4.94. The summed E-state index contributed by atoms with van der Waals surface area (Å²) in [5.74, 6) is -6.29. The maximum atomic E-state index is 13.6. The molecule has 182 valence electrons. The molecule has 5 rings (SSSR count). The zero-order valence-electron chi connectivity index (χ0n) is 19.0. The van der Waals surface area contributed by atoms with Crippen molar-refractivity contribution in [2.75, 3.05) is 14.1 Å². The van der Waals surface area contributed by atoms with Gasteiger partial charge in [-0.15, -0.1) is 0 Å². The summed E-state index contributed by atoms with van der Waals surface area (Å²) in [6.07, 6.45) is 1.70. The van der Waals surface area contributed by atoms with Crippen LogP contribution in [0.25, 0.3) is 11.3 Å². The topological polar surface area (TPSA) is 175 Å². The summed E-state index contributed by atoms with van der Waals surface area (Å²) in [6, 6.07) is 5.35. The van der Waals surface area contributed by atoms with Crippen molar-refractivity contribution < 1.29 is 39.2 Å². The molecule has 0 fully saturated rings. The molecule has 0 aliphatic heterocycles. The second-order valence-electron chi connectivity index (χ2n) is 9.43. The number of carbonyl (C=O) groups is 3. The number of allylic oxidation sites excluding steroid dienone is 1. The number of furan rings is 1. The van der Waals surface area contributed by atoms with Gasteiger partial charge in [0, 0.05) is 17.1 Å². The fourth-order valence-electron chi connectivity index (χ4n) is 5.91. The summed E-state index contributed by atoms with van der Waals surface area (Å²) < 4.78 is 5.50. The Balaban J connectivity index is 1.74. The first-order chi connectivity index (χ1) is 16.5. The lowest BCUT2D eigenvalue weighted by atomic mass is 9.58. The number of aromatic hydroxyl groups is 1. The smallest absolute Gasteiger partial charge is 0.255 e. The number of hydrogen-bond donors (Lipinski definition) is 5. The number of phenolic OH excluding ortho intramolecular Hbond substituents is 1. The SMILES string of the molecule is CN(C)[C@H]1C(O)=C(C(N)=O)C(=O)[C@]2(O)C(O)=C3C(=O)c4c(O)ccc(-c5ccco5)c4C[C@@H]3C[C@@H]12. The van der Waals surface area contributed by atoms with Crippen LogP contribution in [-0.4, -0.2) is 68.5 Å². The molecule has 0 bridgehead atoms. The first kappa shape index (κ1) is 22.9. The second-order valence-corrected chi connectivity index (χ2v) is 9.43. The van der Waals surface area contributed by atoms with E-state index in [4.69, 9.17) is 10.2 Å². The quantitative estimate of drug-likeness (QED) is 0.406. The molecule has 4 atom stereocenters. The molecule has 1 heterocycles. The number of Topliss-reactive ketones (excluding diaryl/α,β-unsaturated/α-hetero) is 2. The third kappa shape index (κ3) is 2.93. The molecule has 0 spiro atoms. The number of primary amides is 1. The maximum Gasteiger partial charge on any atom is 0.255 e. The maximum absolute atomic E-state index is 13.6. The summed E-state index contributed by atoms with van der Waals surface area (Å²) in [4.78, 5) is 40.4. The Morgan fingerprint density at radius 1 is 1.17 bits per heavy atom. The number of ketones is 2. The molecule has 3 aliphatic rings. The number of carbonyl (C=O) groups excluding carboxylic acids is 3. The summed E-state index contributed by atoms with van der Waals surface area (Å²) in [5.41, 5.74) is 2.70. The monoisotopic (exact) mass is 480 g/mol. The average Bonchev–Trinajstić information content (AvgIpc) is 3.30. The minimum absolute atomic E-state index is 0.0268. The van der Waals surface area contributed by atoms with E-state index in [1.807, 2.05) is 0 Å². The van der Waals surface area contributed by atoms with Crippen LogP contribution in [0.2, 0.25) is 0 Å². The number of phenols is 1. The highest BCUT2D eigenvalue weighted by Gasteiger charge is 2.63. The van der Waals surface area contributed by atoms with Gasteiger partial charge in [0.05, 0.1) is 17.9 Å². The number of hydrogen-bond acceptors (Lipinski definition) is 9. The van der Waals surface area contributed by atoms with E-state index in [1.165, 1.54) is 17.2 Å². The van der Waals surface area contributed by atoms with Crippen molar-refractivity contribution in [3.05, 3.63) is 64.3 Å². The third-order valence-electron chi connectivity index (χ3n) is 7.39. The van der Waals surface area contributed by atoms with Gasteiger partial charge in [0.1, 0.15) is 28.6 Å². The molecule has 0 saturated heterocycles. The highest BCUT2D eigenvalue weighted by Crippen LogP contribution is 2.53. The van der Waals surface area contributed by atoms with Gasteiger partial charge in [0.25, 0.3) is 5.91 Å². The van der Waals surface area contributed by atoms with Crippen molar-refractivity contribution in [1.29, 1.82) is 0 Å². The number of rotatable bonds is 3. The third-order valence-corrected chi connectivity index (χ3v) is 7.39. The van der Waals surface area contributed by atoms with Crippen molar-refractivity contribution in [2.24, 2.45) is 17.6 Å². The van der Waals surface area contributed by atoms with Crippen molar-refractivity contribution in [3.63, 3.8) is 0 Å². The van der Waals surface area contributed by atoms with Crippen LogP contribution in [0.1, 0.15) is 22.3 Å². The van der Waals surface area contributed by atoms with E-state index in [2.05, 4.69) is 0 Å². The number of nitrogens with zero attached hydrogens (tertiary/aromatic N) is 1. The van der Waals surface area contributed by atoms with Gasteiger partial charge >= 0.3 is 0 Å². The lowest BCUT2D eigenvalue weighted by Gasteiger charge is -2.50. The zero-order valence-corrected chi connectivity index (χ0v) is 19.0. The normalized spacial score (nSPS) is 28.2. The number of aliphatic hydroxyl groups is 3. The Bertz CT molecular complexity index is 1350. The number of likely N-dealkylation sites (N-methyl/N-ethyl adjacent to an activating group) is 1. The molecule has 10 heteroatoms. The molecular weight excluding hydrogens is 456 g/mol. The van der Waals surface area contributed by atoms with Crippen LogP contribution in [0.5, 0.6) is 5.75 Å². The van der Waals surface area contributed by atoms with E-state index < -0.39 is 58.0 Å². The number of benzene rings is 1. The fraction of sp³-hybridized carbons (Fsp3) is 0.320. The van der Waals surface area contributed by atoms with Crippen LogP contribution in [0, 0.1) is 11.8 Å². The zero-order chi connectivity index (χ0) is 25.4. The van der Waals surface area contributed by atoms with E-state index in [0.29, 0.717) is 16.9 Å². The Morgan fingerprint density at radius 3 is 2.49 bits per heavy atom. The molecule has 35 heavy (non-hydrogen) atoms. The lowest BCUT2D eigenvalue weighted by Crippen LogP contribution is -2.63. The Labute approximate surface area is 199 Å². The van der Waals surface area contributed by atoms with Crippen LogP contribution < -0.4 is 5.73 Å². The van der Waals surface area contributed by atoms with Gasteiger partial charge in [-0.3, -0.25) is 19.3 Å². The number of fused-ring (bicyclic) bond motifs is 3. The van der Waals surface area contributed by atoms with Crippen molar-refractivity contribution in [3.8, 4) is 17.1 Å². The number of aliphatic hydroxyl groups excluding tert-OH is 2. The van der Waals surface area contributed by atoms with E-state index in [9.17, 15) is 34.8 Å². The molecule has 0 saturated carbocycles. The average molecular weight is 480 g/mol. The number of nitrogens with two attached hydrogens (primary N) is 1. The highest BCUT2D eigenvalue weighted by molar-refractivity contribution is 6.24. The molecule has 0 unspecified atom stereocenters. The molecule has 3 aliphatic carbocycles. The van der Waals surface area contributed by atoms with Crippen molar-refractivity contribution in [1.82, 2.24) is 4.90 Å². The largest absolute Gasteiger partial charge is 0.510 e. The fourth-order valence-corrected chi connectivity index (χ4v) is 5.91. The van der Waals surface area contributed by atoms with Crippen LogP contribution in [0.15, 0.2) is 57.6 Å². The summed E-state index contributed by atoms with van der Waals surface area (Å²) in [6.45, 7) is 0. The minimum Gasteiger partial charge on any atom is -0.510 e. The number of amides is 1. The summed E-state index contributed by atoms with van der Waals surface area (Å²) in [5, 5.41) is 44.2. The van der Waals surface area contributed by atoms with Crippen molar-refractivity contribution in [2.45, 2.75) is 24.5 Å². The second kappa shape index (κ2) is 7.56. The van der Waals surface area contributed by atoms with Gasteiger partial charge in [0.2, 0.25) is 5.78 Å². The molecule has 1 aromatic carbocycles.